The minimum atomic E-state index is -0.108. The average molecular weight is 379 g/mol. The number of benzene rings is 2. The number of hydrogen-bond acceptors (Lipinski definition) is 2. The van der Waals surface area contributed by atoms with E-state index in [1.165, 1.54) is 5.56 Å². The summed E-state index contributed by atoms with van der Waals surface area (Å²) < 4.78 is 3.51. The Bertz CT molecular complexity index is 1070. The second-order valence-electron chi connectivity index (χ2n) is 6.92. The van der Waals surface area contributed by atoms with Crippen molar-refractivity contribution >= 4 is 28.7 Å². The van der Waals surface area contributed by atoms with E-state index in [1.807, 2.05) is 61.1 Å². The van der Waals surface area contributed by atoms with Gasteiger partial charge in [0.05, 0.1) is 11.4 Å². The highest BCUT2D eigenvalue weighted by molar-refractivity contribution is 7.80. The number of anilines is 2. The van der Waals surface area contributed by atoms with Crippen LogP contribution in [0.25, 0.3) is 5.69 Å². The molecule has 1 N–H and O–H groups in total. The first-order valence-corrected chi connectivity index (χ1v) is 9.42. The van der Waals surface area contributed by atoms with Gasteiger partial charge in [-0.05, 0) is 56.2 Å². The highest BCUT2D eigenvalue weighted by Crippen LogP contribution is 2.32. The molecule has 3 aromatic rings. The molecule has 0 radical (unpaired) electrons. The molecule has 0 amide bonds. The Morgan fingerprint density at radius 1 is 1.11 bits per heavy atom. The van der Waals surface area contributed by atoms with Gasteiger partial charge in [-0.3, -0.25) is 9.48 Å². The van der Waals surface area contributed by atoms with Gasteiger partial charge in [-0.25, -0.2) is 4.68 Å². The molecule has 0 saturated heterocycles. The average Bonchev–Trinajstić information content (AvgIpc) is 3.11. The molecule has 1 aliphatic rings. The molecule has 1 unspecified atom stereocenters. The third-order valence-electron chi connectivity index (χ3n) is 5.21. The zero-order chi connectivity index (χ0) is 19.1. The molecule has 1 aromatic heterocycles. The molecular formula is C21H22N4OS. The van der Waals surface area contributed by atoms with Crippen LogP contribution in [0.3, 0.4) is 0 Å². The van der Waals surface area contributed by atoms with E-state index in [9.17, 15) is 4.79 Å². The van der Waals surface area contributed by atoms with Gasteiger partial charge in [-0.1, -0.05) is 36.4 Å². The number of thiocarbonyl (C=S) groups is 1. The molecule has 1 aliphatic heterocycles. The van der Waals surface area contributed by atoms with Gasteiger partial charge in [0, 0.05) is 18.8 Å². The number of aromatic nitrogens is 2. The predicted molar refractivity (Wildman–Crippen MR) is 114 cm³/mol. The molecular weight excluding hydrogens is 356 g/mol. The number of para-hydroxylation sites is 2. The lowest BCUT2D eigenvalue weighted by Crippen LogP contribution is -2.39. The number of rotatable bonds is 2. The van der Waals surface area contributed by atoms with Crippen LogP contribution >= 0.6 is 12.2 Å². The van der Waals surface area contributed by atoms with Gasteiger partial charge in [0.2, 0.25) is 0 Å². The highest BCUT2D eigenvalue weighted by Gasteiger charge is 2.29. The van der Waals surface area contributed by atoms with Gasteiger partial charge in [0.1, 0.15) is 5.69 Å². The summed E-state index contributed by atoms with van der Waals surface area (Å²) >= 11 is 5.69. The quantitative estimate of drug-likeness (QED) is 0.692. The van der Waals surface area contributed by atoms with Crippen molar-refractivity contribution in [3.63, 3.8) is 0 Å². The van der Waals surface area contributed by atoms with Crippen LogP contribution < -0.4 is 15.8 Å². The van der Waals surface area contributed by atoms with Crippen molar-refractivity contribution in [3.05, 3.63) is 76.2 Å². The van der Waals surface area contributed by atoms with E-state index >= 15 is 0 Å². The third-order valence-corrected chi connectivity index (χ3v) is 5.51. The lowest BCUT2D eigenvalue weighted by molar-refractivity contribution is 0.630. The van der Waals surface area contributed by atoms with Gasteiger partial charge in [-0.2, -0.15) is 0 Å². The number of fused-ring (bicyclic) bond motifs is 1. The zero-order valence-corrected chi connectivity index (χ0v) is 16.5. The van der Waals surface area contributed by atoms with Gasteiger partial charge in [0.15, 0.2) is 5.11 Å². The van der Waals surface area contributed by atoms with Gasteiger partial charge in [0.25, 0.3) is 5.56 Å². The Labute approximate surface area is 163 Å². The van der Waals surface area contributed by atoms with Crippen LogP contribution in [0.1, 0.15) is 18.2 Å². The molecule has 0 saturated carbocycles. The summed E-state index contributed by atoms with van der Waals surface area (Å²) in [7, 11) is 1.88. The lowest BCUT2D eigenvalue weighted by atomic mass is 10.1. The maximum Gasteiger partial charge on any atom is 0.295 e. The van der Waals surface area contributed by atoms with Gasteiger partial charge >= 0.3 is 0 Å². The van der Waals surface area contributed by atoms with E-state index in [2.05, 4.69) is 29.3 Å². The van der Waals surface area contributed by atoms with E-state index in [1.54, 1.807) is 4.68 Å². The maximum atomic E-state index is 13.1. The molecule has 4 rings (SSSR count). The Hall–Kier alpha value is -2.86. The standard InChI is InChI=1S/C21H22N4OS/c1-14-13-16-9-7-8-12-18(16)24(14)21(27)22-19-15(2)23(3)25(20(19)26)17-10-5-4-6-11-17/h4-12,14H,13H2,1-3H3,(H,22,27). The summed E-state index contributed by atoms with van der Waals surface area (Å²) in [5.74, 6) is 0. The molecule has 138 valence electrons. The molecule has 6 heteroatoms. The second-order valence-corrected chi connectivity index (χ2v) is 7.31. The van der Waals surface area contributed by atoms with Crippen LogP contribution in [0.4, 0.5) is 11.4 Å². The van der Waals surface area contributed by atoms with Gasteiger partial charge in [-0.15, -0.1) is 0 Å². The van der Waals surface area contributed by atoms with Crippen LogP contribution in [0.2, 0.25) is 0 Å². The summed E-state index contributed by atoms with van der Waals surface area (Å²) in [4.78, 5) is 15.2. The molecule has 27 heavy (non-hydrogen) atoms. The van der Waals surface area contributed by atoms with E-state index < -0.39 is 0 Å². The van der Waals surface area contributed by atoms with Crippen molar-refractivity contribution in [2.75, 3.05) is 10.2 Å². The fourth-order valence-corrected chi connectivity index (χ4v) is 4.13. The lowest BCUT2D eigenvalue weighted by Gasteiger charge is -2.25. The van der Waals surface area contributed by atoms with Crippen molar-refractivity contribution in [1.29, 1.82) is 0 Å². The van der Waals surface area contributed by atoms with E-state index in [0.717, 1.165) is 23.5 Å². The first-order chi connectivity index (χ1) is 13.0. The molecule has 2 heterocycles. The Morgan fingerprint density at radius 3 is 2.52 bits per heavy atom. The molecule has 5 nitrogen and oxygen atoms in total. The summed E-state index contributed by atoms with van der Waals surface area (Å²) in [6, 6.07) is 18.1. The molecule has 0 fully saturated rings. The third kappa shape index (κ3) is 2.86. The van der Waals surface area contributed by atoms with Crippen molar-refractivity contribution in [1.82, 2.24) is 9.36 Å². The van der Waals surface area contributed by atoms with Crippen LogP contribution in [0.5, 0.6) is 0 Å². The van der Waals surface area contributed by atoms with E-state index in [0.29, 0.717) is 10.8 Å². The molecule has 1 atom stereocenters. The largest absolute Gasteiger partial charge is 0.326 e. The van der Waals surface area contributed by atoms with E-state index in [-0.39, 0.29) is 11.6 Å². The summed E-state index contributed by atoms with van der Waals surface area (Å²) in [5, 5.41) is 3.78. The Balaban J connectivity index is 1.70. The summed E-state index contributed by atoms with van der Waals surface area (Å²) in [6.07, 6.45) is 0.944. The highest BCUT2D eigenvalue weighted by atomic mass is 32.1. The number of hydrogen-bond donors (Lipinski definition) is 1. The topological polar surface area (TPSA) is 42.2 Å². The molecule has 2 aromatic carbocycles. The predicted octanol–water partition coefficient (Wildman–Crippen LogP) is 3.63. The fraction of sp³-hybridized carbons (Fsp3) is 0.238. The first-order valence-electron chi connectivity index (χ1n) is 9.01. The fourth-order valence-electron chi connectivity index (χ4n) is 3.75. The summed E-state index contributed by atoms with van der Waals surface area (Å²) in [5.41, 5.74) is 4.46. The van der Waals surface area contributed by atoms with E-state index in [4.69, 9.17) is 12.2 Å². The van der Waals surface area contributed by atoms with Crippen LogP contribution in [0, 0.1) is 6.92 Å². The minimum absolute atomic E-state index is 0.108. The number of nitrogens with zero attached hydrogens (tertiary/aromatic N) is 3. The zero-order valence-electron chi connectivity index (χ0n) is 15.6. The smallest absolute Gasteiger partial charge is 0.295 e. The molecule has 0 bridgehead atoms. The van der Waals surface area contributed by atoms with Crippen LogP contribution in [0.15, 0.2) is 59.4 Å². The van der Waals surface area contributed by atoms with Crippen LogP contribution in [-0.4, -0.2) is 20.5 Å². The SMILES string of the molecule is Cc1c(NC(=S)N2c3ccccc3CC2C)c(=O)n(-c2ccccc2)n1C. The monoisotopic (exact) mass is 378 g/mol. The second kappa shape index (κ2) is 6.70. The maximum absolute atomic E-state index is 13.1. The Kier molecular flexibility index (Phi) is 4.36. The van der Waals surface area contributed by atoms with Crippen molar-refractivity contribution in [3.8, 4) is 5.69 Å². The minimum Gasteiger partial charge on any atom is -0.326 e. The molecule has 0 aliphatic carbocycles. The van der Waals surface area contributed by atoms with Crippen molar-refractivity contribution < 1.29 is 0 Å². The number of nitrogens with one attached hydrogen (secondary N) is 1. The van der Waals surface area contributed by atoms with Gasteiger partial charge < -0.3 is 10.2 Å². The van der Waals surface area contributed by atoms with Crippen molar-refractivity contribution in [2.45, 2.75) is 26.3 Å². The van der Waals surface area contributed by atoms with Crippen molar-refractivity contribution in [2.24, 2.45) is 7.05 Å². The summed E-state index contributed by atoms with van der Waals surface area (Å²) in [6.45, 7) is 4.07. The normalized spacial score (nSPS) is 15.7. The molecule has 0 spiro atoms. The first kappa shape index (κ1) is 17.5. The Morgan fingerprint density at radius 2 is 1.78 bits per heavy atom. The van der Waals surface area contributed by atoms with Crippen LogP contribution in [-0.2, 0) is 13.5 Å².